The van der Waals surface area contributed by atoms with Crippen LogP contribution in [0.2, 0.25) is 0 Å². The number of carbonyl (C=O) groups excluding carboxylic acids is 1. The van der Waals surface area contributed by atoms with Gasteiger partial charge >= 0.3 is 5.69 Å². The van der Waals surface area contributed by atoms with E-state index in [-0.39, 0.29) is 11.4 Å². The minimum Gasteiger partial charge on any atom is -0.350 e. The normalized spacial score (nSPS) is 10.9. The number of nitro groups is 1. The first-order chi connectivity index (χ1) is 9.92. The van der Waals surface area contributed by atoms with Crippen LogP contribution in [0.5, 0.6) is 0 Å². The maximum absolute atomic E-state index is 12.0. The van der Waals surface area contributed by atoms with E-state index >= 15 is 0 Å². The van der Waals surface area contributed by atoms with E-state index < -0.39 is 10.8 Å². The highest BCUT2D eigenvalue weighted by Crippen LogP contribution is 2.21. The number of aromatic nitrogens is 2. The lowest BCUT2D eigenvalue weighted by Gasteiger charge is -2.17. The third-order valence-electron chi connectivity index (χ3n) is 3.53. The van der Waals surface area contributed by atoms with Crippen LogP contribution in [0.4, 0.5) is 5.69 Å². The molecule has 0 aliphatic carbocycles. The number of hydrogen-bond acceptors (Lipinski definition) is 5. The summed E-state index contributed by atoms with van der Waals surface area (Å²) in [6.45, 7) is 9.04. The maximum atomic E-state index is 12.0. The number of nitrogens with one attached hydrogen (secondary N) is 1. The fraction of sp³-hybridized carbons (Fsp3) is 0.692. The molecule has 8 heteroatoms. The molecule has 0 atom stereocenters. The molecule has 1 aromatic rings. The van der Waals surface area contributed by atoms with Gasteiger partial charge in [0, 0.05) is 13.6 Å². The van der Waals surface area contributed by atoms with Gasteiger partial charge in [-0.2, -0.15) is 5.10 Å². The van der Waals surface area contributed by atoms with E-state index in [1.807, 2.05) is 0 Å². The molecule has 0 fully saturated rings. The molecule has 0 radical (unpaired) electrons. The van der Waals surface area contributed by atoms with E-state index in [1.54, 1.807) is 14.0 Å². The van der Waals surface area contributed by atoms with Gasteiger partial charge in [-0.3, -0.25) is 19.6 Å². The highest BCUT2D eigenvalue weighted by atomic mass is 16.6. The molecule has 1 heterocycles. The van der Waals surface area contributed by atoms with Gasteiger partial charge in [0.2, 0.25) is 5.69 Å². The number of aryl methyl sites for hydroxylation is 1. The van der Waals surface area contributed by atoms with Crippen LogP contribution in [0.3, 0.4) is 0 Å². The molecular formula is C13H23N5O3. The molecular weight excluding hydrogens is 274 g/mol. The fourth-order valence-electron chi connectivity index (χ4n) is 2.10. The highest BCUT2D eigenvalue weighted by Gasteiger charge is 2.28. The zero-order valence-electron chi connectivity index (χ0n) is 13.0. The van der Waals surface area contributed by atoms with Crippen LogP contribution in [0, 0.1) is 17.0 Å². The molecule has 1 aromatic heterocycles. The SMILES string of the molecule is CCN(CC)CCCNC(=O)c1nn(C)c(C)c1[N+](=O)[O-]. The largest absolute Gasteiger partial charge is 0.350 e. The summed E-state index contributed by atoms with van der Waals surface area (Å²) >= 11 is 0. The molecule has 1 amide bonds. The topological polar surface area (TPSA) is 93.3 Å². The third kappa shape index (κ3) is 4.25. The van der Waals surface area contributed by atoms with Gasteiger partial charge in [0.25, 0.3) is 5.91 Å². The Kier molecular flexibility index (Phi) is 6.29. The first-order valence-corrected chi connectivity index (χ1v) is 7.10. The Morgan fingerprint density at radius 3 is 2.57 bits per heavy atom. The summed E-state index contributed by atoms with van der Waals surface area (Å²) in [7, 11) is 1.58. The van der Waals surface area contributed by atoms with E-state index in [0.29, 0.717) is 12.2 Å². The van der Waals surface area contributed by atoms with Crippen molar-refractivity contribution in [1.29, 1.82) is 0 Å². The second-order valence-electron chi connectivity index (χ2n) is 4.80. The van der Waals surface area contributed by atoms with Crippen molar-refractivity contribution in [3.63, 3.8) is 0 Å². The molecule has 0 saturated heterocycles. The zero-order valence-corrected chi connectivity index (χ0v) is 13.0. The van der Waals surface area contributed by atoms with Gasteiger partial charge in [0.1, 0.15) is 5.69 Å². The van der Waals surface area contributed by atoms with Crippen molar-refractivity contribution in [3.8, 4) is 0 Å². The molecule has 0 aliphatic heterocycles. The summed E-state index contributed by atoms with van der Waals surface area (Å²) in [4.78, 5) is 24.7. The molecule has 1 rings (SSSR count). The molecule has 0 aromatic carbocycles. The van der Waals surface area contributed by atoms with Gasteiger partial charge in [-0.1, -0.05) is 13.8 Å². The summed E-state index contributed by atoms with van der Waals surface area (Å²) in [5.41, 5.74) is 0.0230. The van der Waals surface area contributed by atoms with Gasteiger partial charge < -0.3 is 10.2 Å². The summed E-state index contributed by atoms with van der Waals surface area (Å²) in [5.74, 6) is -0.495. The zero-order chi connectivity index (χ0) is 16.0. The lowest BCUT2D eigenvalue weighted by atomic mass is 10.3. The predicted molar refractivity (Wildman–Crippen MR) is 79.3 cm³/mol. The van der Waals surface area contributed by atoms with Gasteiger partial charge in [-0.15, -0.1) is 0 Å². The van der Waals surface area contributed by atoms with Crippen LogP contribution >= 0.6 is 0 Å². The van der Waals surface area contributed by atoms with E-state index in [1.165, 1.54) is 4.68 Å². The van der Waals surface area contributed by atoms with E-state index in [4.69, 9.17) is 0 Å². The Hall–Kier alpha value is -1.96. The van der Waals surface area contributed by atoms with Gasteiger partial charge in [0.05, 0.1) is 4.92 Å². The molecule has 0 bridgehead atoms. The van der Waals surface area contributed by atoms with E-state index in [9.17, 15) is 14.9 Å². The van der Waals surface area contributed by atoms with Crippen molar-refractivity contribution in [3.05, 3.63) is 21.5 Å². The first kappa shape index (κ1) is 17.1. The number of amides is 1. The standard InChI is InChI=1S/C13H23N5O3/c1-5-17(6-2)9-7-8-14-13(19)11-12(18(20)21)10(3)16(4)15-11/h5-9H2,1-4H3,(H,14,19). The number of rotatable bonds is 8. The average Bonchev–Trinajstić information content (AvgIpc) is 2.75. The van der Waals surface area contributed by atoms with Crippen molar-refractivity contribution in [2.75, 3.05) is 26.2 Å². The van der Waals surface area contributed by atoms with Crippen LogP contribution in [-0.4, -0.2) is 51.7 Å². The Balaban J connectivity index is 2.61. The van der Waals surface area contributed by atoms with Crippen LogP contribution in [0.1, 0.15) is 36.5 Å². The van der Waals surface area contributed by atoms with Crippen molar-refractivity contribution in [2.45, 2.75) is 27.2 Å². The molecule has 0 saturated carbocycles. The first-order valence-electron chi connectivity index (χ1n) is 7.10. The Labute approximate surface area is 124 Å². The summed E-state index contributed by atoms with van der Waals surface area (Å²) in [5, 5.41) is 17.6. The lowest BCUT2D eigenvalue weighted by molar-refractivity contribution is -0.385. The molecule has 118 valence electrons. The second-order valence-corrected chi connectivity index (χ2v) is 4.80. The summed E-state index contributed by atoms with van der Waals surface area (Å²) in [6.07, 6.45) is 0.799. The number of hydrogen-bond donors (Lipinski definition) is 1. The smallest absolute Gasteiger partial charge is 0.322 e. The number of carbonyl (C=O) groups is 1. The minimum atomic E-state index is -0.562. The van der Waals surface area contributed by atoms with Crippen LogP contribution < -0.4 is 5.32 Å². The Morgan fingerprint density at radius 1 is 1.43 bits per heavy atom. The predicted octanol–water partition coefficient (Wildman–Crippen LogP) is 1.10. The van der Waals surface area contributed by atoms with E-state index in [0.717, 1.165) is 26.1 Å². The van der Waals surface area contributed by atoms with Crippen molar-refractivity contribution in [1.82, 2.24) is 20.0 Å². The van der Waals surface area contributed by atoms with Crippen molar-refractivity contribution < 1.29 is 9.72 Å². The van der Waals surface area contributed by atoms with Gasteiger partial charge in [-0.25, -0.2) is 0 Å². The van der Waals surface area contributed by atoms with Crippen molar-refractivity contribution >= 4 is 11.6 Å². The minimum absolute atomic E-state index is 0.122. The third-order valence-corrected chi connectivity index (χ3v) is 3.53. The Bertz CT molecular complexity index is 508. The van der Waals surface area contributed by atoms with Crippen LogP contribution in [0.25, 0.3) is 0 Å². The molecule has 0 aliphatic rings. The fourth-order valence-corrected chi connectivity index (χ4v) is 2.10. The van der Waals surface area contributed by atoms with Crippen molar-refractivity contribution in [2.24, 2.45) is 7.05 Å². The maximum Gasteiger partial charge on any atom is 0.322 e. The quantitative estimate of drug-likeness (QED) is 0.440. The molecule has 21 heavy (non-hydrogen) atoms. The van der Waals surface area contributed by atoms with Gasteiger partial charge in [-0.05, 0) is 33.0 Å². The summed E-state index contributed by atoms with van der Waals surface area (Å²) in [6, 6.07) is 0. The molecule has 1 N–H and O–H groups in total. The Morgan fingerprint density at radius 2 is 2.05 bits per heavy atom. The molecule has 0 unspecified atom stereocenters. The monoisotopic (exact) mass is 297 g/mol. The van der Waals surface area contributed by atoms with Gasteiger partial charge in [0.15, 0.2) is 0 Å². The second kappa shape index (κ2) is 7.72. The van der Waals surface area contributed by atoms with Crippen LogP contribution in [-0.2, 0) is 7.05 Å². The number of nitrogens with zero attached hydrogens (tertiary/aromatic N) is 4. The average molecular weight is 297 g/mol. The summed E-state index contributed by atoms with van der Waals surface area (Å²) < 4.78 is 1.35. The molecule has 0 spiro atoms. The lowest BCUT2D eigenvalue weighted by Crippen LogP contribution is -2.30. The highest BCUT2D eigenvalue weighted by molar-refractivity contribution is 5.96. The van der Waals surface area contributed by atoms with E-state index in [2.05, 4.69) is 29.2 Å². The molecule has 8 nitrogen and oxygen atoms in total. The van der Waals surface area contributed by atoms with Crippen LogP contribution in [0.15, 0.2) is 0 Å².